The first-order valence-corrected chi connectivity index (χ1v) is 7.21. The number of benzene rings is 1. The van der Waals surface area contributed by atoms with Crippen LogP contribution in [0.1, 0.15) is 36.9 Å². The van der Waals surface area contributed by atoms with Crippen LogP contribution in [0.4, 0.5) is 0 Å². The van der Waals surface area contributed by atoms with Crippen molar-refractivity contribution in [1.29, 1.82) is 0 Å². The van der Waals surface area contributed by atoms with Crippen LogP contribution >= 0.6 is 0 Å². The van der Waals surface area contributed by atoms with Gasteiger partial charge in [-0.2, -0.15) is 0 Å². The predicted octanol–water partition coefficient (Wildman–Crippen LogP) is 2.49. The van der Waals surface area contributed by atoms with E-state index < -0.39 is 0 Å². The highest BCUT2D eigenvalue weighted by Crippen LogP contribution is 2.23. The van der Waals surface area contributed by atoms with Gasteiger partial charge in [0.25, 0.3) is 0 Å². The van der Waals surface area contributed by atoms with Gasteiger partial charge in [-0.3, -0.25) is 4.90 Å². The summed E-state index contributed by atoms with van der Waals surface area (Å²) in [5, 5.41) is 0. The lowest BCUT2D eigenvalue weighted by Crippen LogP contribution is -2.46. The molecule has 0 aromatic heterocycles. The number of aryl methyl sites for hydroxylation is 1. The first-order chi connectivity index (χ1) is 9.09. The average Bonchev–Trinajstić information content (AvgIpc) is 2.46. The highest BCUT2D eigenvalue weighted by atomic mass is 16.5. The van der Waals surface area contributed by atoms with Crippen LogP contribution in [-0.4, -0.2) is 37.2 Å². The number of hydrogen-bond donors (Lipinski definition) is 1. The van der Waals surface area contributed by atoms with Gasteiger partial charge in [-0.25, -0.2) is 0 Å². The molecule has 0 saturated carbocycles. The lowest BCUT2D eigenvalue weighted by molar-refractivity contribution is 0.0271. The fourth-order valence-corrected chi connectivity index (χ4v) is 2.75. The summed E-state index contributed by atoms with van der Waals surface area (Å²) < 4.78 is 5.43. The molecular weight excluding hydrogens is 236 g/mol. The SMILES string of the molecule is Cc1ccc(C(N)C(C)N(C)C2CCOCC2)cc1. The summed E-state index contributed by atoms with van der Waals surface area (Å²) in [7, 11) is 2.19. The molecule has 106 valence electrons. The lowest BCUT2D eigenvalue weighted by atomic mass is 9.97. The third-order valence-electron chi connectivity index (χ3n) is 4.39. The van der Waals surface area contributed by atoms with E-state index in [1.165, 1.54) is 11.1 Å². The molecule has 1 aromatic rings. The average molecular weight is 262 g/mol. The first kappa shape index (κ1) is 14.5. The Balaban J connectivity index is 2.01. The quantitative estimate of drug-likeness (QED) is 0.906. The molecule has 1 fully saturated rings. The molecule has 19 heavy (non-hydrogen) atoms. The van der Waals surface area contributed by atoms with Crippen LogP contribution < -0.4 is 5.73 Å². The summed E-state index contributed by atoms with van der Waals surface area (Å²) in [5.41, 5.74) is 8.92. The second-order valence-corrected chi connectivity index (χ2v) is 5.69. The Kier molecular flexibility index (Phi) is 4.97. The Morgan fingerprint density at radius 2 is 1.79 bits per heavy atom. The number of rotatable bonds is 4. The minimum Gasteiger partial charge on any atom is -0.381 e. The van der Waals surface area contributed by atoms with Crippen molar-refractivity contribution in [2.24, 2.45) is 5.73 Å². The molecule has 2 N–H and O–H groups in total. The van der Waals surface area contributed by atoms with Gasteiger partial charge in [0.15, 0.2) is 0 Å². The van der Waals surface area contributed by atoms with Gasteiger partial charge in [-0.15, -0.1) is 0 Å². The molecule has 3 nitrogen and oxygen atoms in total. The molecule has 0 aliphatic carbocycles. The van der Waals surface area contributed by atoms with Crippen molar-refractivity contribution in [2.45, 2.75) is 44.8 Å². The maximum absolute atomic E-state index is 6.42. The molecular formula is C16H26N2O. The van der Waals surface area contributed by atoms with E-state index in [0.717, 1.165) is 26.1 Å². The molecule has 3 heteroatoms. The first-order valence-electron chi connectivity index (χ1n) is 7.21. The van der Waals surface area contributed by atoms with Crippen molar-refractivity contribution < 1.29 is 4.74 Å². The van der Waals surface area contributed by atoms with Gasteiger partial charge in [0.05, 0.1) is 0 Å². The number of ether oxygens (including phenoxy) is 1. The van der Waals surface area contributed by atoms with Gasteiger partial charge in [-0.05, 0) is 39.3 Å². The minimum absolute atomic E-state index is 0.0634. The molecule has 1 heterocycles. The predicted molar refractivity (Wildman–Crippen MR) is 79.2 cm³/mol. The maximum Gasteiger partial charge on any atom is 0.0480 e. The Hall–Kier alpha value is -0.900. The minimum atomic E-state index is 0.0634. The normalized spacial score (nSPS) is 20.5. The van der Waals surface area contributed by atoms with Crippen molar-refractivity contribution >= 4 is 0 Å². The zero-order valence-corrected chi connectivity index (χ0v) is 12.3. The van der Waals surface area contributed by atoms with Crippen LogP contribution in [0.2, 0.25) is 0 Å². The van der Waals surface area contributed by atoms with E-state index in [9.17, 15) is 0 Å². The van der Waals surface area contributed by atoms with Crippen LogP contribution in [0.25, 0.3) is 0 Å². The van der Waals surface area contributed by atoms with Crippen LogP contribution in [0.15, 0.2) is 24.3 Å². The van der Waals surface area contributed by atoms with E-state index in [0.29, 0.717) is 12.1 Å². The summed E-state index contributed by atoms with van der Waals surface area (Å²) in [4.78, 5) is 2.42. The summed E-state index contributed by atoms with van der Waals surface area (Å²) >= 11 is 0. The molecule has 1 aliphatic rings. The Morgan fingerprint density at radius 1 is 1.21 bits per heavy atom. The molecule has 1 aromatic carbocycles. The molecule has 1 saturated heterocycles. The van der Waals surface area contributed by atoms with Gasteiger partial charge >= 0.3 is 0 Å². The van der Waals surface area contributed by atoms with Gasteiger partial charge in [0, 0.05) is 31.3 Å². The molecule has 0 spiro atoms. The number of nitrogens with two attached hydrogens (primary N) is 1. The lowest BCUT2D eigenvalue weighted by Gasteiger charge is -2.38. The third-order valence-corrected chi connectivity index (χ3v) is 4.39. The highest BCUT2D eigenvalue weighted by Gasteiger charge is 2.26. The van der Waals surface area contributed by atoms with Crippen molar-refractivity contribution in [3.63, 3.8) is 0 Å². The molecule has 0 amide bonds. The number of likely N-dealkylation sites (N-methyl/N-ethyl adjacent to an activating group) is 1. The standard InChI is InChI=1S/C16H26N2O/c1-12-4-6-14(7-5-12)16(17)13(2)18(3)15-8-10-19-11-9-15/h4-7,13,15-16H,8-11,17H2,1-3H3. The Labute approximate surface area is 116 Å². The van der Waals surface area contributed by atoms with E-state index in [1.807, 2.05) is 0 Å². The fourth-order valence-electron chi connectivity index (χ4n) is 2.75. The van der Waals surface area contributed by atoms with Crippen molar-refractivity contribution in [3.8, 4) is 0 Å². The smallest absolute Gasteiger partial charge is 0.0480 e. The zero-order chi connectivity index (χ0) is 13.8. The topological polar surface area (TPSA) is 38.5 Å². The third kappa shape index (κ3) is 3.56. The van der Waals surface area contributed by atoms with E-state index in [-0.39, 0.29) is 6.04 Å². The van der Waals surface area contributed by atoms with Crippen LogP contribution in [0.5, 0.6) is 0 Å². The molecule has 2 unspecified atom stereocenters. The Morgan fingerprint density at radius 3 is 2.37 bits per heavy atom. The van der Waals surface area contributed by atoms with Gasteiger partial charge in [0.1, 0.15) is 0 Å². The van der Waals surface area contributed by atoms with E-state index in [1.54, 1.807) is 0 Å². The summed E-state index contributed by atoms with van der Waals surface area (Å²) in [6, 6.07) is 9.56. The van der Waals surface area contributed by atoms with Crippen molar-refractivity contribution in [3.05, 3.63) is 35.4 Å². The Bertz CT molecular complexity index is 384. The van der Waals surface area contributed by atoms with Crippen LogP contribution in [-0.2, 0) is 4.74 Å². The monoisotopic (exact) mass is 262 g/mol. The number of nitrogens with zero attached hydrogens (tertiary/aromatic N) is 1. The van der Waals surface area contributed by atoms with Crippen LogP contribution in [0, 0.1) is 6.92 Å². The van der Waals surface area contributed by atoms with Gasteiger partial charge in [0.2, 0.25) is 0 Å². The van der Waals surface area contributed by atoms with Crippen LogP contribution in [0.3, 0.4) is 0 Å². The van der Waals surface area contributed by atoms with Crippen molar-refractivity contribution in [2.75, 3.05) is 20.3 Å². The van der Waals surface area contributed by atoms with E-state index >= 15 is 0 Å². The molecule has 0 radical (unpaired) electrons. The van der Waals surface area contributed by atoms with E-state index in [4.69, 9.17) is 10.5 Å². The molecule has 0 bridgehead atoms. The van der Waals surface area contributed by atoms with E-state index in [2.05, 4.69) is 50.1 Å². The molecule has 2 atom stereocenters. The summed E-state index contributed by atoms with van der Waals surface area (Å²) in [5.74, 6) is 0. The zero-order valence-electron chi connectivity index (χ0n) is 12.3. The van der Waals surface area contributed by atoms with Gasteiger partial charge in [-0.1, -0.05) is 29.8 Å². The maximum atomic E-state index is 6.42. The fraction of sp³-hybridized carbons (Fsp3) is 0.625. The molecule has 1 aliphatic heterocycles. The largest absolute Gasteiger partial charge is 0.381 e. The second kappa shape index (κ2) is 6.51. The number of hydrogen-bond acceptors (Lipinski definition) is 3. The van der Waals surface area contributed by atoms with Crippen molar-refractivity contribution in [1.82, 2.24) is 4.90 Å². The molecule has 2 rings (SSSR count). The highest BCUT2D eigenvalue weighted by molar-refractivity contribution is 5.24. The summed E-state index contributed by atoms with van der Waals surface area (Å²) in [6.07, 6.45) is 2.23. The summed E-state index contributed by atoms with van der Waals surface area (Å²) in [6.45, 7) is 6.08. The second-order valence-electron chi connectivity index (χ2n) is 5.69. The van der Waals surface area contributed by atoms with Gasteiger partial charge < -0.3 is 10.5 Å².